The number of hydrogen-bond donors (Lipinski definition) is 2. The van der Waals surface area contributed by atoms with Gasteiger partial charge in [-0.05, 0) is 26.2 Å². The Balaban J connectivity index is 1.75. The maximum atomic E-state index is 12.8. The minimum atomic E-state index is -0.795. The summed E-state index contributed by atoms with van der Waals surface area (Å²) in [5.74, 6) is -1.62. The van der Waals surface area contributed by atoms with Crippen molar-refractivity contribution < 1.29 is 23.9 Å². The summed E-state index contributed by atoms with van der Waals surface area (Å²) in [6.45, 7) is 4.59. The number of nitrogens with one attached hydrogen (secondary N) is 1. The third kappa shape index (κ3) is 4.93. The Hall–Kier alpha value is -2.14. The van der Waals surface area contributed by atoms with Gasteiger partial charge < -0.3 is 25.1 Å². The molecule has 0 radical (unpaired) electrons. The molecule has 0 bridgehead atoms. The summed E-state index contributed by atoms with van der Waals surface area (Å²) in [6, 6.07) is 0. The number of rotatable bonds is 8. The van der Waals surface area contributed by atoms with Crippen molar-refractivity contribution in [2.75, 3.05) is 31.7 Å². The van der Waals surface area contributed by atoms with E-state index in [1.807, 2.05) is 4.90 Å². The lowest BCUT2D eigenvalue weighted by Gasteiger charge is -2.37. The van der Waals surface area contributed by atoms with Crippen molar-refractivity contribution in [2.45, 2.75) is 32.8 Å². The van der Waals surface area contributed by atoms with Gasteiger partial charge in [-0.1, -0.05) is 34.5 Å². The molecule has 0 aliphatic carbocycles. The molecule has 9 nitrogen and oxygen atoms in total. The number of piperidine rings is 1. The molecule has 1 amide bonds. The summed E-state index contributed by atoms with van der Waals surface area (Å²) >= 11 is 13.3. The predicted molar refractivity (Wildman–Crippen MR) is 122 cm³/mol. The summed E-state index contributed by atoms with van der Waals surface area (Å²) in [5, 5.41) is 1.05. The minimum absolute atomic E-state index is 0.0534. The highest BCUT2D eigenvalue weighted by Gasteiger charge is 2.34. The lowest BCUT2D eigenvalue weighted by molar-refractivity contribution is 0.0375. The number of carbonyl (C=O) groups is 3. The molecule has 12 heteroatoms. The number of ketones is 1. The first-order valence-corrected chi connectivity index (χ1v) is 11.6. The van der Waals surface area contributed by atoms with Gasteiger partial charge in [-0.25, -0.2) is 9.78 Å². The van der Waals surface area contributed by atoms with Crippen LogP contribution in [0.15, 0.2) is 0 Å². The number of nitrogens with two attached hydrogens (primary N) is 1. The first-order valence-electron chi connectivity index (χ1n) is 10.00. The van der Waals surface area contributed by atoms with Gasteiger partial charge in [0, 0.05) is 32.3 Å². The molecule has 1 aliphatic heterocycles. The Labute approximate surface area is 199 Å². The van der Waals surface area contributed by atoms with E-state index < -0.39 is 11.9 Å². The normalized spacial score (nSPS) is 18.6. The zero-order valence-electron chi connectivity index (χ0n) is 17.9. The van der Waals surface area contributed by atoms with Gasteiger partial charge in [-0.2, -0.15) is 0 Å². The number of aryl methyl sites for hydroxylation is 1. The van der Waals surface area contributed by atoms with E-state index in [-0.39, 0.29) is 46.4 Å². The molecule has 2 aromatic rings. The van der Waals surface area contributed by atoms with Crippen LogP contribution in [0.25, 0.3) is 0 Å². The fourth-order valence-corrected chi connectivity index (χ4v) is 5.13. The smallest absolute Gasteiger partial charge is 0.350 e. The van der Waals surface area contributed by atoms with Crippen LogP contribution in [0.4, 0.5) is 5.13 Å². The quantitative estimate of drug-likeness (QED) is 0.417. The van der Waals surface area contributed by atoms with Crippen molar-refractivity contribution in [3.63, 3.8) is 0 Å². The first-order chi connectivity index (χ1) is 15.2. The Kier molecular flexibility index (Phi) is 7.81. The van der Waals surface area contributed by atoms with Crippen molar-refractivity contribution in [2.24, 2.45) is 11.7 Å². The molecule has 0 aromatic carbocycles. The number of carbonyl (C=O) groups excluding carboxylic acids is 3. The number of thiazole rings is 1. The van der Waals surface area contributed by atoms with E-state index in [0.29, 0.717) is 41.1 Å². The number of hydrogen-bond acceptors (Lipinski definition) is 8. The van der Waals surface area contributed by atoms with Crippen LogP contribution in [0, 0.1) is 12.8 Å². The van der Waals surface area contributed by atoms with Crippen molar-refractivity contribution in [1.29, 1.82) is 0 Å². The molecular formula is C20H24Cl2N4O5S. The van der Waals surface area contributed by atoms with E-state index in [2.05, 4.69) is 9.97 Å². The third-order valence-corrected chi connectivity index (χ3v) is 7.40. The summed E-state index contributed by atoms with van der Waals surface area (Å²) in [7, 11) is 1.58. The van der Waals surface area contributed by atoms with E-state index in [9.17, 15) is 14.4 Å². The average molecular weight is 503 g/mol. The van der Waals surface area contributed by atoms with Gasteiger partial charge in [0.2, 0.25) is 0 Å². The number of primary amides is 1. The van der Waals surface area contributed by atoms with Crippen LogP contribution >= 0.6 is 34.5 Å². The molecule has 3 N–H and O–H groups in total. The number of H-pyrrole nitrogens is 1. The molecule has 2 aromatic heterocycles. The highest BCUT2D eigenvalue weighted by atomic mass is 35.5. The molecule has 0 unspecified atom stereocenters. The molecule has 1 aliphatic rings. The number of nitrogens with zero attached hydrogens (tertiary/aromatic N) is 2. The lowest BCUT2D eigenvalue weighted by atomic mass is 9.88. The van der Waals surface area contributed by atoms with Gasteiger partial charge >= 0.3 is 5.97 Å². The largest absolute Gasteiger partial charge is 0.462 e. The zero-order valence-corrected chi connectivity index (χ0v) is 20.2. The van der Waals surface area contributed by atoms with Gasteiger partial charge in [-0.15, -0.1) is 0 Å². The Morgan fingerprint density at radius 3 is 2.59 bits per heavy atom. The Morgan fingerprint density at radius 2 is 2.03 bits per heavy atom. The molecule has 0 saturated carbocycles. The monoisotopic (exact) mass is 502 g/mol. The third-order valence-electron chi connectivity index (χ3n) is 5.36. The van der Waals surface area contributed by atoms with Gasteiger partial charge in [0.1, 0.15) is 10.6 Å². The van der Waals surface area contributed by atoms with Crippen molar-refractivity contribution in [1.82, 2.24) is 9.97 Å². The molecule has 1 saturated heterocycles. The number of aromatic nitrogens is 2. The number of esters is 1. The van der Waals surface area contributed by atoms with Crippen LogP contribution in [-0.4, -0.2) is 60.5 Å². The van der Waals surface area contributed by atoms with Crippen LogP contribution in [0.2, 0.25) is 10.0 Å². The molecule has 3 heterocycles. The van der Waals surface area contributed by atoms with Gasteiger partial charge in [0.15, 0.2) is 16.6 Å². The fraction of sp³-hybridized carbons (Fsp3) is 0.500. The Morgan fingerprint density at radius 1 is 1.31 bits per heavy atom. The molecule has 3 rings (SSSR count). The zero-order chi connectivity index (χ0) is 23.6. The highest BCUT2D eigenvalue weighted by Crippen LogP contribution is 2.34. The second-order valence-corrected chi connectivity index (χ2v) is 9.14. The molecule has 1 fully saturated rings. The number of halogens is 2. The SMILES string of the molecule is CCOC(=O)c1sc(N2CC[C@@H](CC(=O)c3[nH]c(C)c(Cl)c3Cl)[C@@H](OC)C2)nc1C(N)=O. The van der Waals surface area contributed by atoms with Gasteiger partial charge in [0.05, 0.1) is 22.8 Å². The second kappa shape index (κ2) is 10.2. The molecule has 2 atom stereocenters. The van der Waals surface area contributed by atoms with Crippen LogP contribution < -0.4 is 10.6 Å². The van der Waals surface area contributed by atoms with Crippen LogP contribution in [0.1, 0.15) is 56.1 Å². The van der Waals surface area contributed by atoms with Gasteiger partial charge in [0.25, 0.3) is 5.91 Å². The molecule has 32 heavy (non-hydrogen) atoms. The van der Waals surface area contributed by atoms with E-state index in [4.69, 9.17) is 38.4 Å². The number of ether oxygens (including phenoxy) is 2. The summed E-state index contributed by atoms with van der Waals surface area (Å²) in [5.41, 5.74) is 6.23. The van der Waals surface area contributed by atoms with E-state index >= 15 is 0 Å². The number of methoxy groups -OCH3 is 1. The lowest BCUT2D eigenvalue weighted by Crippen LogP contribution is -2.45. The molecule has 174 valence electrons. The van der Waals surface area contributed by atoms with E-state index in [1.54, 1.807) is 21.0 Å². The maximum absolute atomic E-state index is 12.8. The Bertz CT molecular complexity index is 1040. The van der Waals surface area contributed by atoms with Crippen LogP contribution in [0.3, 0.4) is 0 Å². The summed E-state index contributed by atoms with van der Waals surface area (Å²) < 4.78 is 10.7. The summed E-state index contributed by atoms with van der Waals surface area (Å²) in [6.07, 6.45) is 0.598. The van der Waals surface area contributed by atoms with E-state index in [1.165, 1.54) is 0 Å². The van der Waals surface area contributed by atoms with Gasteiger partial charge in [-0.3, -0.25) is 9.59 Å². The summed E-state index contributed by atoms with van der Waals surface area (Å²) in [4.78, 5) is 46.0. The van der Waals surface area contributed by atoms with Crippen molar-refractivity contribution >= 4 is 57.3 Å². The fourth-order valence-electron chi connectivity index (χ4n) is 3.69. The number of amides is 1. The minimum Gasteiger partial charge on any atom is -0.462 e. The van der Waals surface area contributed by atoms with E-state index in [0.717, 1.165) is 11.3 Å². The topological polar surface area (TPSA) is 128 Å². The van der Waals surface area contributed by atoms with Crippen molar-refractivity contribution in [3.05, 3.63) is 32.0 Å². The van der Waals surface area contributed by atoms with Crippen LogP contribution in [-0.2, 0) is 9.47 Å². The van der Waals surface area contributed by atoms with Crippen LogP contribution in [0.5, 0.6) is 0 Å². The molecule has 0 spiro atoms. The predicted octanol–water partition coefficient (Wildman–Crippen LogP) is 3.48. The number of aromatic amines is 1. The second-order valence-electron chi connectivity index (χ2n) is 7.41. The average Bonchev–Trinajstić information content (AvgIpc) is 3.32. The highest BCUT2D eigenvalue weighted by molar-refractivity contribution is 7.17. The van der Waals surface area contributed by atoms with Crippen molar-refractivity contribution in [3.8, 4) is 0 Å². The number of Topliss-reactive ketones (excluding diaryl/α,β-unsaturated/α-hetero) is 1. The standard InChI is InChI=1S/C20H24Cl2N4O5S/c1-4-31-19(29)17-16(18(23)28)25-20(32-17)26-6-5-10(12(8-26)30-3)7-11(27)15-14(22)13(21)9(2)24-15/h10,12,24H,4-8H2,1-3H3,(H2,23,28)/t10-,12-/m0/s1. The molecular weight excluding hydrogens is 479 g/mol. The maximum Gasteiger partial charge on any atom is 0.350 e. The number of anilines is 1. The first kappa shape index (κ1) is 24.5.